The lowest BCUT2D eigenvalue weighted by Crippen LogP contribution is -2.38. The molecule has 0 saturated carbocycles. The van der Waals surface area contributed by atoms with Crippen LogP contribution in [-0.2, 0) is 11.3 Å². The van der Waals surface area contributed by atoms with E-state index in [1.165, 1.54) is 13.2 Å². The molecule has 1 aromatic heterocycles. The highest BCUT2D eigenvalue weighted by molar-refractivity contribution is 5.89. The molecule has 0 spiro atoms. The Bertz CT molecular complexity index is 1040. The third kappa shape index (κ3) is 4.94. The van der Waals surface area contributed by atoms with Gasteiger partial charge in [-0.05, 0) is 56.2 Å². The van der Waals surface area contributed by atoms with Gasteiger partial charge in [0.25, 0.3) is 0 Å². The zero-order valence-electron chi connectivity index (χ0n) is 17.6. The number of oxazole rings is 1. The van der Waals surface area contributed by atoms with Crippen LogP contribution in [0.2, 0.25) is 0 Å². The fraction of sp³-hybridized carbons (Fsp3) is 0.333. The first-order valence-corrected chi connectivity index (χ1v) is 10.3. The second-order valence-corrected chi connectivity index (χ2v) is 7.61. The Kier molecular flexibility index (Phi) is 6.32. The quantitative estimate of drug-likeness (QED) is 0.538. The number of hydrogen-bond donors (Lipinski definition) is 0. The maximum absolute atomic E-state index is 13.8. The molecule has 0 unspecified atom stereocenters. The smallest absolute Gasteiger partial charge is 0.337 e. The normalized spacial score (nSPS) is 15.1. The first-order chi connectivity index (χ1) is 15.0. The van der Waals surface area contributed by atoms with Gasteiger partial charge >= 0.3 is 5.97 Å². The molecule has 1 aliphatic rings. The number of carbonyl (C=O) groups is 1. The van der Waals surface area contributed by atoms with Gasteiger partial charge in [-0.3, -0.25) is 4.90 Å². The number of methoxy groups -OCH3 is 1. The van der Waals surface area contributed by atoms with Crippen LogP contribution in [0.4, 0.5) is 4.39 Å². The monoisotopic (exact) mass is 424 g/mol. The summed E-state index contributed by atoms with van der Waals surface area (Å²) in [6, 6.07) is 13.5. The molecule has 3 aromatic rings. The van der Waals surface area contributed by atoms with Crippen LogP contribution in [0, 0.1) is 12.7 Å². The Balaban J connectivity index is 1.35. The molecule has 31 heavy (non-hydrogen) atoms. The Hall–Kier alpha value is -3.19. The number of esters is 1. The van der Waals surface area contributed by atoms with Gasteiger partial charge < -0.3 is 13.9 Å². The van der Waals surface area contributed by atoms with Crippen LogP contribution in [0.5, 0.6) is 5.75 Å². The summed E-state index contributed by atoms with van der Waals surface area (Å²) < 4.78 is 30.2. The van der Waals surface area contributed by atoms with Gasteiger partial charge in [0.15, 0.2) is 11.6 Å². The summed E-state index contributed by atoms with van der Waals surface area (Å²) in [5, 5.41) is 0. The second kappa shape index (κ2) is 9.31. The predicted octanol–water partition coefficient (Wildman–Crippen LogP) is 4.62. The molecule has 0 aliphatic carbocycles. The van der Waals surface area contributed by atoms with Crippen LogP contribution in [0.25, 0.3) is 11.5 Å². The van der Waals surface area contributed by atoms with Crippen molar-refractivity contribution in [1.29, 1.82) is 0 Å². The van der Waals surface area contributed by atoms with Crippen LogP contribution in [0.15, 0.2) is 52.9 Å². The fourth-order valence-corrected chi connectivity index (χ4v) is 3.68. The number of para-hydroxylation sites is 1. The van der Waals surface area contributed by atoms with Crippen molar-refractivity contribution >= 4 is 5.97 Å². The van der Waals surface area contributed by atoms with Gasteiger partial charge in [-0.25, -0.2) is 14.2 Å². The van der Waals surface area contributed by atoms with Gasteiger partial charge in [-0.15, -0.1) is 0 Å². The maximum atomic E-state index is 13.8. The van der Waals surface area contributed by atoms with E-state index in [1.807, 2.05) is 6.92 Å². The molecular weight excluding hydrogens is 399 g/mol. The van der Waals surface area contributed by atoms with Crippen molar-refractivity contribution in [2.75, 3.05) is 20.2 Å². The molecule has 4 rings (SSSR count). The van der Waals surface area contributed by atoms with E-state index in [2.05, 4.69) is 9.88 Å². The van der Waals surface area contributed by atoms with E-state index in [0.29, 0.717) is 23.7 Å². The standard InChI is InChI=1S/C24H25FN2O4/c1-16-21(26-23(30-16)17-7-9-18(10-8-17)24(28)29-2)15-27-13-11-19(12-14-27)31-22-6-4-3-5-20(22)25/h3-10,19H,11-15H2,1-2H3. The lowest BCUT2D eigenvalue weighted by atomic mass is 10.1. The maximum Gasteiger partial charge on any atom is 0.337 e. The van der Waals surface area contributed by atoms with Crippen LogP contribution in [0.1, 0.15) is 34.7 Å². The number of aryl methyl sites for hydroxylation is 1. The highest BCUT2D eigenvalue weighted by Crippen LogP contribution is 2.25. The highest BCUT2D eigenvalue weighted by Gasteiger charge is 2.23. The number of carbonyl (C=O) groups excluding carboxylic acids is 1. The number of halogens is 1. The summed E-state index contributed by atoms with van der Waals surface area (Å²) >= 11 is 0. The fourth-order valence-electron chi connectivity index (χ4n) is 3.68. The largest absolute Gasteiger partial charge is 0.487 e. The van der Waals surface area contributed by atoms with Gasteiger partial charge in [0.1, 0.15) is 11.9 Å². The van der Waals surface area contributed by atoms with Crippen LogP contribution in [-0.4, -0.2) is 42.2 Å². The van der Waals surface area contributed by atoms with E-state index >= 15 is 0 Å². The van der Waals surface area contributed by atoms with Gasteiger partial charge in [-0.1, -0.05) is 12.1 Å². The summed E-state index contributed by atoms with van der Waals surface area (Å²) in [7, 11) is 1.36. The number of rotatable bonds is 6. The van der Waals surface area contributed by atoms with Crippen molar-refractivity contribution in [2.45, 2.75) is 32.4 Å². The lowest BCUT2D eigenvalue weighted by molar-refractivity contribution is 0.0600. The number of aromatic nitrogens is 1. The average Bonchev–Trinajstić information content (AvgIpc) is 3.16. The number of nitrogens with zero attached hydrogens (tertiary/aromatic N) is 2. The molecule has 6 nitrogen and oxygen atoms in total. The summed E-state index contributed by atoms with van der Waals surface area (Å²) in [6.45, 7) is 4.27. The number of ether oxygens (including phenoxy) is 2. The molecule has 0 bridgehead atoms. The molecule has 1 saturated heterocycles. The molecule has 0 N–H and O–H groups in total. The summed E-state index contributed by atoms with van der Waals surface area (Å²) in [6.07, 6.45) is 1.66. The summed E-state index contributed by atoms with van der Waals surface area (Å²) in [5.74, 6) is 0.920. The molecule has 0 amide bonds. The van der Waals surface area contributed by atoms with Crippen LogP contribution in [0.3, 0.4) is 0 Å². The number of hydrogen-bond acceptors (Lipinski definition) is 6. The van der Waals surface area contributed by atoms with E-state index in [1.54, 1.807) is 42.5 Å². The Morgan fingerprint density at radius 3 is 2.55 bits per heavy atom. The van der Waals surface area contributed by atoms with Crippen molar-refractivity contribution in [1.82, 2.24) is 9.88 Å². The Morgan fingerprint density at radius 2 is 1.87 bits per heavy atom. The number of piperidine rings is 1. The first kappa shape index (κ1) is 21.1. The first-order valence-electron chi connectivity index (χ1n) is 10.3. The molecule has 2 heterocycles. The lowest BCUT2D eigenvalue weighted by Gasteiger charge is -2.31. The SMILES string of the molecule is COC(=O)c1ccc(-c2nc(CN3CCC(Oc4ccccc4F)CC3)c(C)o2)cc1. The highest BCUT2D eigenvalue weighted by atomic mass is 19.1. The molecule has 1 fully saturated rings. The van der Waals surface area contributed by atoms with Crippen molar-refractivity contribution in [2.24, 2.45) is 0 Å². The van der Waals surface area contributed by atoms with Gasteiger partial charge in [0.2, 0.25) is 5.89 Å². The minimum Gasteiger partial charge on any atom is -0.487 e. The zero-order valence-corrected chi connectivity index (χ0v) is 17.6. The summed E-state index contributed by atoms with van der Waals surface area (Å²) in [4.78, 5) is 18.6. The Labute approximate surface area is 180 Å². The average molecular weight is 424 g/mol. The van der Waals surface area contributed by atoms with E-state index in [-0.39, 0.29) is 17.9 Å². The van der Waals surface area contributed by atoms with Crippen LogP contribution < -0.4 is 4.74 Å². The van der Waals surface area contributed by atoms with E-state index < -0.39 is 0 Å². The number of likely N-dealkylation sites (tertiary alicyclic amines) is 1. The zero-order chi connectivity index (χ0) is 21.8. The topological polar surface area (TPSA) is 64.8 Å². The van der Waals surface area contributed by atoms with E-state index in [9.17, 15) is 9.18 Å². The molecule has 7 heteroatoms. The molecule has 0 atom stereocenters. The van der Waals surface area contributed by atoms with Gasteiger partial charge in [0.05, 0.1) is 18.4 Å². The molecular formula is C24H25FN2O4. The van der Waals surface area contributed by atoms with Crippen LogP contribution >= 0.6 is 0 Å². The minimum atomic E-state index is -0.377. The van der Waals surface area contributed by atoms with E-state index in [0.717, 1.165) is 42.9 Å². The van der Waals surface area contributed by atoms with Crippen molar-refractivity contribution in [3.63, 3.8) is 0 Å². The second-order valence-electron chi connectivity index (χ2n) is 7.61. The molecule has 1 aliphatic heterocycles. The van der Waals surface area contributed by atoms with Crippen molar-refractivity contribution < 1.29 is 23.1 Å². The van der Waals surface area contributed by atoms with Gasteiger partial charge in [-0.2, -0.15) is 0 Å². The molecule has 2 aromatic carbocycles. The van der Waals surface area contributed by atoms with Gasteiger partial charge in [0, 0.05) is 25.2 Å². The third-order valence-electron chi connectivity index (χ3n) is 5.48. The predicted molar refractivity (Wildman–Crippen MR) is 113 cm³/mol. The van der Waals surface area contributed by atoms with Crippen molar-refractivity contribution in [3.05, 3.63) is 71.4 Å². The summed E-state index contributed by atoms with van der Waals surface area (Å²) in [5.41, 5.74) is 2.18. The third-order valence-corrected chi connectivity index (χ3v) is 5.48. The molecule has 0 radical (unpaired) electrons. The number of benzene rings is 2. The van der Waals surface area contributed by atoms with E-state index in [4.69, 9.17) is 13.9 Å². The minimum absolute atomic E-state index is 0.00967. The Morgan fingerprint density at radius 1 is 1.16 bits per heavy atom. The molecule has 162 valence electrons. The van der Waals surface area contributed by atoms with Crippen molar-refractivity contribution in [3.8, 4) is 17.2 Å².